The highest BCUT2D eigenvalue weighted by Crippen LogP contribution is 2.32. The van der Waals surface area contributed by atoms with Crippen LogP contribution in [0.3, 0.4) is 0 Å². The standard InChI is InChI=1S/C19H17F2N3O3/c1-2-19(12-7-4-3-5-8-12)17(26)24(18(27)23-19)11-15(25)22-16-13(20)9-6-10-14(16)21/h3-10H,2,11H2,1H3,(H,22,25)(H,23,27)/t19-/m0/s1. The van der Waals surface area contributed by atoms with Gasteiger partial charge in [-0.15, -0.1) is 0 Å². The average molecular weight is 373 g/mol. The summed E-state index contributed by atoms with van der Waals surface area (Å²) < 4.78 is 27.3. The highest BCUT2D eigenvalue weighted by molar-refractivity contribution is 6.10. The molecule has 1 aliphatic rings. The molecule has 6 nitrogen and oxygen atoms in total. The smallest absolute Gasteiger partial charge is 0.320 e. The van der Waals surface area contributed by atoms with E-state index in [2.05, 4.69) is 10.6 Å². The van der Waals surface area contributed by atoms with Gasteiger partial charge in [-0.2, -0.15) is 0 Å². The van der Waals surface area contributed by atoms with Crippen molar-refractivity contribution in [1.29, 1.82) is 0 Å². The van der Waals surface area contributed by atoms with Crippen molar-refractivity contribution in [3.63, 3.8) is 0 Å². The van der Waals surface area contributed by atoms with Crippen molar-refractivity contribution in [1.82, 2.24) is 10.2 Å². The fourth-order valence-electron chi connectivity index (χ4n) is 3.07. The van der Waals surface area contributed by atoms with Crippen LogP contribution in [0.15, 0.2) is 48.5 Å². The van der Waals surface area contributed by atoms with Crippen LogP contribution in [0.5, 0.6) is 0 Å². The molecule has 140 valence electrons. The van der Waals surface area contributed by atoms with Gasteiger partial charge >= 0.3 is 6.03 Å². The van der Waals surface area contributed by atoms with Gasteiger partial charge < -0.3 is 10.6 Å². The fourth-order valence-corrected chi connectivity index (χ4v) is 3.07. The number of rotatable bonds is 5. The molecule has 0 unspecified atom stereocenters. The van der Waals surface area contributed by atoms with Crippen molar-refractivity contribution in [3.05, 3.63) is 65.7 Å². The number of benzene rings is 2. The van der Waals surface area contributed by atoms with Crippen LogP contribution in [0.25, 0.3) is 0 Å². The molecule has 0 spiro atoms. The summed E-state index contributed by atoms with van der Waals surface area (Å²) in [6, 6.07) is 11.1. The van der Waals surface area contributed by atoms with Crippen LogP contribution in [0.2, 0.25) is 0 Å². The SMILES string of the molecule is CC[C@@]1(c2ccccc2)NC(=O)N(CC(=O)Nc2c(F)cccc2F)C1=O. The van der Waals surface area contributed by atoms with Crippen molar-refractivity contribution in [2.24, 2.45) is 0 Å². The summed E-state index contributed by atoms with van der Waals surface area (Å²) in [6.07, 6.45) is 0.279. The highest BCUT2D eigenvalue weighted by Gasteiger charge is 2.51. The lowest BCUT2D eigenvalue weighted by molar-refractivity contribution is -0.134. The van der Waals surface area contributed by atoms with E-state index in [1.165, 1.54) is 0 Å². The largest absolute Gasteiger partial charge is 0.325 e. The number of nitrogens with zero attached hydrogens (tertiary/aromatic N) is 1. The number of imide groups is 1. The molecule has 1 atom stereocenters. The number of amides is 4. The van der Waals surface area contributed by atoms with Gasteiger partial charge in [-0.1, -0.05) is 43.3 Å². The predicted octanol–water partition coefficient (Wildman–Crippen LogP) is 2.76. The highest BCUT2D eigenvalue weighted by atomic mass is 19.1. The van der Waals surface area contributed by atoms with Gasteiger partial charge in [-0.25, -0.2) is 13.6 Å². The second-order valence-electron chi connectivity index (χ2n) is 6.09. The molecule has 2 aromatic rings. The van der Waals surface area contributed by atoms with E-state index in [0.29, 0.717) is 5.56 Å². The Morgan fingerprint density at radius 2 is 1.70 bits per heavy atom. The second kappa shape index (κ2) is 7.14. The van der Waals surface area contributed by atoms with E-state index in [-0.39, 0.29) is 6.42 Å². The lowest BCUT2D eigenvalue weighted by Gasteiger charge is -2.25. The van der Waals surface area contributed by atoms with Crippen LogP contribution >= 0.6 is 0 Å². The minimum atomic E-state index is -1.28. The molecule has 8 heteroatoms. The van der Waals surface area contributed by atoms with Crippen LogP contribution < -0.4 is 10.6 Å². The minimum absolute atomic E-state index is 0.279. The van der Waals surface area contributed by atoms with E-state index < -0.39 is 47.3 Å². The summed E-state index contributed by atoms with van der Waals surface area (Å²) in [5, 5.41) is 4.70. The van der Waals surface area contributed by atoms with Crippen LogP contribution in [-0.2, 0) is 15.1 Å². The zero-order chi connectivity index (χ0) is 19.6. The van der Waals surface area contributed by atoms with Gasteiger partial charge in [0.15, 0.2) is 0 Å². The molecular formula is C19H17F2N3O3. The number of para-hydroxylation sites is 1. The van der Waals surface area contributed by atoms with Gasteiger partial charge in [0.1, 0.15) is 29.4 Å². The van der Waals surface area contributed by atoms with Crippen molar-refractivity contribution in [2.75, 3.05) is 11.9 Å². The first-order valence-electron chi connectivity index (χ1n) is 8.32. The topological polar surface area (TPSA) is 78.5 Å². The van der Waals surface area contributed by atoms with E-state index in [0.717, 1.165) is 23.1 Å². The molecular weight excluding hydrogens is 356 g/mol. The van der Waals surface area contributed by atoms with Gasteiger partial charge in [-0.05, 0) is 24.1 Å². The Hall–Kier alpha value is -3.29. The second-order valence-corrected chi connectivity index (χ2v) is 6.09. The molecule has 3 rings (SSSR count). The first-order chi connectivity index (χ1) is 12.9. The average Bonchev–Trinajstić information content (AvgIpc) is 2.90. The molecule has 1 aliphatic heterocycles. The maximum Gasteiger partial charge on any atom is 0.325 e. The Bertz CT molecular complexity index is 884. The molecule has 1 fully saturated rings. The molecule has 2 aromatic carbocycles. The monoisotopic (exact) mass is 373 g/mol. The van der Waals surface area contributed by atoms with Gasteiger partial charge in [-0.3, -0.25) is 14.5 Å². The summed E-state index contributed by atoms with van der Waals surface area (Å²) in [5.41, 5.74) is -1.31. The van der Waals surface area contributed by atoms with Crippen molar-refractivity contribution in [2.45, 2.75) is 18.9 Å². The number of carbonyl (C=O) groups excluding carboxylic acids is 3. The molecule has 0 saturated carbocycles. The predicted molar refractivity (Wildman–Crippen MR) is 93.6 cm³/mol. The fraction of sp³-hybridized carbons (Fsp3) is 0.211. The van der Waals surface area contributed by atoms with Crippen molar-refractivity contribution in [3.8, 4) is 0 Å². The summed E-state index contributed by atoms with van der Waals surface area (Å²) in [7, 11) is 0. The molecule has 1 saturated heterocycles. The quantitative estimate of drug-likeness (QED) is 0.791. The van der Waals surface area contributed by atoms with Gasteiger partial charge in [0.05, 0.1) is 0 Å². The summed E-state index contributed by atoms with van der Waals surface area (Å²) in [5.74, 6) is -3.38. The van der Waals surface area contributed by atoms with E-state index in [1.54, 1.807) is 37.3 Å². The first-order valence-corrected chi connectivity index (χ1v) is 8.32. The van der Waals surface area contributed by atoms with Gasteiger partial charge in [0.25, 0.3) is 5.91 Å². The maximum absolute atomic E-state index is 13.7. The van der Waals surface area contributed by atoms with E-state index in [9.17, 15) is 23.2 Å². The molecule has 0 radical (unpaired) electrons. The zero-order valence-corrected chi connectivity index (χ0v) is 14.5. The zero-order valence-electron chi connectivity index (χ0n) is 14.5. The Kier molecular flexibility index (Phi) is 4.89. The normalized spacial score (nSPS) is 19.1. The summed E-state index contributed by atoms with van der Waals surface area (Å²) in [6.45, 7) is 1.08. The number of halogens is 2. The lowest BCUT2D eigenvalue weighted by atomic mass is 9.87. The third-order valence-corrected chi connectivity index (χ3v) is 4.50. The Balaban J connectivity index is 1.81. The maximum atomic E-state index is 13.7. The molecule has 2 N–H and O–H groups in total. The van der Waals surface area contributed by atoms with Crippen molar-refractivity contribution < 1.29 is 23.2 Å². The third-order valence-electron chi connectivity index (χ3n) is 4.50. The summed E-state index contributed by atoms with van der Waals surface area (Å²) in [4.78, 5) is 38.1. The minimum Gasteiger partial charge on any atom is -0.320 e. The summed E-state index contributed by atoms with van der Waals surface area (Å²) >= 11 is 0. The van der Waals surface area contributed by atoms with Gasteiger partial charge in [0, 0.05) is 0 Å². The Morgan fingerprint density at radius 3 is 2.30 bits per heavy atom. The van der Waals surface area contributed by atoms with Crippen LogP contribution in [0.4, 0.5) is 19.3 Å². The number of anilines is 1. The number of nitrogens with one attached hydrogen (secondary N) is 2. The number of hydrogen-bond acceptors (Lipinski definition) is 3. The molecule has 4 amide bonds. The molecule has 0 aromatic heterocycles. The van der Waals surface area contributed by atoms with Gasteiger partial charge in [0.2, 0.25) is 5.91 Å². The van der Waals surface area contributed by atoms with E-state index in [1.807, 2.05) is 0 Å². The molecule has 1 heterocycles. The number of urea groups is 1. The molecule has 0 bridgehead atoms. The lowest BCUT2D eigenvalue weighted by Crippen LogP contribution is -2.44. The first kappa shape index (κ1) is 18.5. The van der Waals surface area contributed by atoms with Crippen molar-refractivity contribution >= 4 is 23.5 Å². The number of carbonyl (C=O) groups is 3. The van der Waals surface area contributed by atoms with Crippen LogP contribution in [-0.4, -0.2) is 29.3 Å². The number of hydrogen-bond donors (Lipinski definition) is 2. The third kappa shape index (κ3) is 3.25. The van der Waals surface area contributed by atoms with E-state index in [4.69, 9.17) is 0 Å². The Morgan fingerprint density at radius 1 is 1.07 bits per heavy atom. The Labute approximate surface area is 154 Å². The van der Waals surface area contributed by atoms with E-state index >= 15 is 0 Å². The molecule has 0 aliphatic carbocycles. The van der Waals surface area contributed by atoms with Crippen LogP contribution in [0, 0.1) is 11.6 Å². The molecule has 27 heavy (non-hydrogen) atoms. The van der Waals surface area contributed by atoms with Crippen LogP contribution in [0.1, 0.15) is 18.9 Å².